The summed E-state index contributed by atoms with van der Waals surface area (Å²) in [5, 5.41) is 3.35. The Morgan fingerprint density at radius 2 is 1.68 bits per heavy atom. The zero-order valence-corrected chi connectivity index (χ0v) is 15.8. The number of anilines is 2. The quantitative estimate of drug-likeness (QED) is 0.756. The van der Waals surface area contributed by atoms with E-state index in [1.165, 1.54) is 81.9 Å². The molecule has 5 N–H and O–H groups in total. The van der Waals surface area contributed by atoms with Gasteiger partial charge in [-0.1, -0.05) is 32.1 Å². The second-order valence-electron chi connectivity index (χ2n) is 8.03. The Morgan fingerprint density at radius 1 is 1.00 bits per heavy atom. The lowest BCUT2D eigenvalue weighted by molar-refractivity contribution is 0.358. The van der Waals surface area contributed by atoms with Crippen LogP contribution in [0.25, 0.3) is 0 Å². The largest absolute Gasteiger partial charge is 0.370 e. The monoisotopic (exact) mass is 345 g/mol. The van der Waals surface area contributed by atoms with E-state index in [9.17, 15) is 0 Å². The molecule has 0 unspecified atom stereocenters. The van der Waals surface area contributed by atoms with Crippen LogP contribution in [0.2, 0.25) is 0 Å². The van der Waals surface area contributed by atoms with E-state index in [1.807, 2.05) is 0 Å². The van der Waals surface area contributed by atoms with Gasteiger partial charge in [-0.25, -0.2) is 4.98 Å². The van der Waals surface area contributed by atoms with Crippen LogP contribution in [-0.4, -0.2) is 22.6 Å². The minimum atomic E-state index is 0.314. The van der Waals surface area contributed by atoms with Crippen molar-refractivity contribution in [2.45, 2.75) is 95.4 Å². The molecule has 1 heterocycles. The van der Waals surface area contributed by atoms with Crippen molar-refractivity contribution in [3.05, 3.63) is 11.3 Å². The Kier molecular flexibility index (Phi) is 6.15. The van der Waals surface area contributed by atoms with Crippen molar-refractivity contribution in [1.82, 2.24) is 9.97 Å². The minimum absolute atomic E-state index is 0.314. The molecule has 0 bridgehead atoms. The third-order valence-electron chi connectivity index (χ3n) is 6.16. The smallest absolute Gasteiger partial charge is 0.222 e. The summed E-state index contributed by atoms with van der Waals surface area (Å²) in [6, 6.07) is 0.536. The van der Waals surface area contributed by atoms with E-state index in [4.69, 9.17) is 11.5 Å². The Balaban J connectivity index is 0.000000219. The molecule has 5 nitrogen and oxygen atoms in total. The molecule has 2 fully saturated rings. The molecule has 1 spiro atoms. The molecule has 5 heteroatoms. The van der Waals surface area contributed by atoms with Crippen molar-refractivity contribution in [3.63, 3.8) is 0 Å². The first-order valence-corrected chi connectivity index (χ1v) is 10.3. The summed E-state index contributed by atoms with van der Waals surface area (Å²) < 4.78 is 0. The summed E-state index contributed by atoms with van der Waals surface area (Å²) in [6.45, 7) is 2.98. The first kappa shape index (κ1) is 18.4. The van der Waals surface area contributed by atoms with Gasteiger partial charge in [0.1, 0.15) is 5.82 Å². The summed E-state index contributed by atoms with van der Waals surface area (Å²) in [5.74, 6) is 1.41. The number of fused-ring (bicyclic) bond motifs is 2. The maximum atomic E-state index is 5.90. The van der Waals surface area contributed by atoms with E-state index in [0.29, 0.717) is 17.4 Å². The van der Waals surface area contributed by atoms with Crippen LogP contribution in [0.15, 0.2) is 0 Å². The van der Waals surface area contributed by atoms with Gasteiger partial charge in [0.25, 0.3) is 0 Å². The molecule has 3 aliphatic carbocycles. The molecular formula is C20H35N5. The third-order valence-corrected chi connectivity index (χ3v) is 6.16. The fraction of sp³-hybridized carbons (Fsp3) is 0.800. The van der Waals surface area contributed by atoms with Crippen molar-refractivity contribution in [3.8, 4) is 0 Å². The van der Waals surface area contributed by atoms with Crippen LogP contribution < -0.4 is 16.8 Å². The Hall–Kier alpha value is -1.36. The number of hydrogen-bond acceptors (Lipinski definition) is 5. The van der Waals surface area contributed by atoms with Gasteiger partial charge >= 0.3 is 0 Å². The van der Waals surface area contributed by atoms with E-state index < -0.39 is 0 Å². The van der Waals surface area contributed by atoms with Crippen molar-refractivity contribution in [1.29, 1.82) is 0 Å². The molecule has 0 aliphatic heterocycles. The van der Waals surface area contributed by atoms with E-state index >= 15 is 0 Å². The van der Waals surface area contributed by atoms with Crippen LogP contribution in [0.5, 0.6) is 0 Å². The SMILES string of the molecule is CCNc1nc(N)nc2c1CCCC21CCCC1.NC1CCCCC1. The number of nitrogens with two attached hydrogens (primary N) is 2. The maximum absolute atomic E-state index is 5.90. The highest BCUT2D eigenvalue weighted by molar-refractivity contribution is 5.53. The highest BCUT2D eigenvalue weighted by atomic mass is 15.1. The van der Waals surface area contributed by atoms with Crippen LogP contribution in [0.1, 0.15) is 88.8 Å². The Labute approximate surface area is 152 Å². The molecule has 0 radical (unpaired) electrons. The highest BCUT2D eigenvalue weighted by Crippen LogP contribution is 2.49. The Bertz CT molecular complexity index is 559. The molecule has 2 saturated carbocycles. The molecule has 1 aromatic rings. The van der Waals surface area contributed by atoms with Crippen molar-refractivity contribution in [2.24, 2.45) is 5.73 Å². The second kappa shape index (κ2) is 8.35. The third kappa shape index (κ3) is 4.25. The predicted octanol–water partition coefficient (Wildman–Crippen LogP) is 3.92. The topological polar surface area (TPSA) is 89.8 Å². The van der Waals surface area contributed by atoms with E-state index in [1.54, 1.807) is 0 Å². The van der Waals surface area contributed by atoms with Gasteiger partial charge in [-0.05, 0) is 51.9 Å². The minimum Gasteiger partial charge on any atom is -0.370 e. The first-order valence-electron chi connectivity index (χ1n) is 10.3. The van der Waals surface area contributed by atoms with E-state index in [2.05, 4.69) is 22.2 Å². The van der Waals surface area contributed by atoms with Gasteiger partial charge in [-0.2, -0.15) is 4.98 Å². The summed E-state index contributed by atoms with van der Waals surface area (Å²) in [5.41, 5.74) is 14.4. The fourth-order valence-electron chi connectivity index (χ4n) is 4.89. The molecule has 0 saturated heterocycles. The van der Waals surface area contributed by atoms with Gasteiger partial charge in [0.2, 0.25) is 5.95 Å². The van der Waals surface area contributed by atoms with E-state index in [-0.39, 0.29) is 0 Å². The van der Waals surface area contributed by atoms with Gasteiger partial charge < -0.3 is 16.8 Å². The van der Waals surface area contributed by atoms with Crippen molar-refractivity contribution in [2.75, 3.05) is 17.6 Å². The lowest BCUT2D eigenvalue weighted by atomic mass is 9.72. The van der Waals surface area contributed by atoms with Gasteiger partial charge in [0.15, 0.2) is 0 Å². The van der Waals surface area contributed by atoms with Crippen LogP contribution in [0.4, 0.5) is 11.8 Å². The lowest BCUT2D eigenvalue weighted by Crippen LogP contribution is -2.30. The molecule has 0 aromatic carbocycles. The number of nitrogens with one attached hydrogen (secondary N) is 1. The molecule has 3 aliphatic rings. The van der Waals surface area contributed by atoms with Gasteiger partial charge in [-0.15, -0.1) is 0 Å². The molecule has 0 amide bonds. The summed E-state index contributed by atoms with van der Waals surface area (Å²) >= 11 is 0. The molecule has 25 heavy (non-hydrogen) atoms. The molecule has 140 valence electrons. The average Bonchev–Trinajstić information content (AvgIpc) is 3.07. The van der Waals surface area contributed by atoms with Crippen LogP contribution in [0, 0.1) is 0 Å². The van der Waals surface area contributed by atoms with Crippen LogP contribution in [0.3, 0.4) is 0 Å². The second-order valence-corrected chi connectivity index (χ2v) is 8.03. The summed E-state index contributed by atoms with van der Waals surface area (Å²) in [6.07, 6.45) is 15.5. The van der Waals surface area contributed by atoms with Gasteiger partial charge in [-0.3, -0.25) is 0 Å². The number of hydrogen-bond donors (Lipinski definition) is 3. The first-order chi connectivity index (χ1) is 12.1. The van der Waals surface area contributed by atoms with Crippen molar-refractivity contribution >= 4 is 11.8 Å². The number of rotatable bonds is 2. The molecule has 4 rings (SSSR count). The number of aromatic nitrogens is 2. The highest BCUT2D eigenvalue weighted by Gasteiger charge is 2.41. The molecular weight excluding hydrogens is 310 g/mol. The fourth-order valence-corrected chi connectivity index (χ4v) is 4.89. The Morgan fingerprint density at radius 3 is 2.28 bits per heavy atom. The van der Waals surface area contributed by atoms with Crippen LogP contribution >= 0.6 is 0 Å². The van der Waals surface area contributed by atoms with Crippen molar-refractivity contribution < 1.29 is 0 Å². The van der Waals surface area contributed by atoms with Crippen LogP contribution in [-0.2, 0) is 11.8 Å². The number of nitrogen functional groups attached to an aromatic ring is 1. The summed E-state index contributed by atoms with van der Waals surface area (Å²) in [4.78, 5) is 9.00. The maximum Gasteiger partial charge on any atom is 0.222 e. The zero-order chi connectivity index (χ0) is 17.7. The molecule has 1 aromatic heterocycles. The zero-order valence-electron chi connectivity index (χ0n) is 15.8. The van der Waals surface area contributed by atoms with E-state index in [0.717, 1.165) is 18.8 Å². The normalized spacial score (nSPS) is 22.2. The standard InChI is InChI=1S/C14H22N4.C6H13N/c1-2-16-12-10-6-5-9-14(7-3-4-8-14)11(10)17-13(15)18-12;7-6-4-2-1-3-5-6/h2-9H2,1H3,(H3,15,16,17,18);6H,1-5,7H2. The summed E-state index contributed by atoms with van der Waals surface area (Å²) in [7, 11) is 0. The lowest BCUT2D eigenvalue weighted by Gasteiger charge is -2.35. The average molecular weight is 346 g/mol. The van der Waals surface area contributed by atoms with Gasteiger partial charge in [0.05, 0.1) is 5.69 Å². The van der Waals surface area contributed by atoms with Gasteiger partial charge in [0, 0.05) is 23.6 Å². The predicted molar refractivity (Wildman–Crippen MR) is 105 cm³/mol. The number of nitrogens with zero attached hydrogens (tertiary/aromatic N) is 2. The molecule has 0 atom stereocenters.